The third kappa shape index (κ3) is 3.01. The van der Waals surface area contributed by atoms with E-state index in [1.165, 1.54) is 24.0 Å². The summed E-state index contributed by atoms with van der Waals surface area (Å²) in [5.41, 5.74) is 4.71. The van der Waals surface area contributed by atoms with Gasteiger partial charge < -0.3 is 24.8 Å². The maximum atomic E-state index is 6.74. The monoisotopic (exact) mass is 501 g/mol. The number of allylic oxidation sites excluding steroid dienone is 2. The molecule has 6 aliphatic rings. The molecule has 6 nitrogen and oxygen atoms in total. The predicted molar refractivity (Wildman–Crippen MR) is 138 cm³/mol. The molecule has 0 amide bonds. The van der Waals surface area contributed by atoms with Gasteiger partial charge in [-0.1, -0.05) is 66.2 Å². The second kappa shape index (κ2) is 7.15. The fourth-order valence-corrected chi connectivity index (χ4v) is 6.72. The van der Waals surface area contributed by atoms with Gasteiger partial charge in [-0.25, -0.2) is 4.99 Å². The number of benzene rings is 2. The van der Waals surface area contributed by atoms with Crippen molar-refractivity contribution in [2.75, 3.05) is 13.2 Å². The van der Waals surface area contributed by atoms with Crippen molar-refractivity contribution in [1.82, 2.24) is 10.6 Å². The number of hydrogen-bond acceptors (Lipinski definition) is 6. The molecule has 4 aliphatic heterocycles. The van der Waals surface area contributed by atoms with Crippen molar-refractivity contribution >= 4 is 23.3 Å². The van der Waals surface area contributed by atoms with Crippen LogP contribution in [0.3, 0.4) is 0 Å². The molecule has 2 spiro atoms. The minimum atomic E-state index is -0.667. The Labute approximate surface area is 215 Å². The summed E-state index contributed by atoms with van der Waals surface area (Å²) < 4.78 is 18.9. The molecule has 5 atom stereocenters. The summed E-state index contributed by atoms with van der Waals surface area (Å²) in [4.78, 5) is 4.91. The van der Waals surface area contributed by atoms with Crippen molar-refractivity contribution in [2.24, 2.45) is 15.8 Å². The highest BCUT2D eigenvalue weighted by atomic mass is 35.5. The number of ether oxygens (including phenoxy) is 3. The first-order valence-electron chi connectivity index (χ1n) is 12.8. The van der Waals surface area contributed by atoms with Crippen LogP contribution in [0.2, 0.25) is 0 Å². The van der Waals surface area contributed by atoms with Gasteiger partial charge in [-0.15, -0.1) is 0 Å². The molecule has 2 aromatic carbocycles. The van der Waals surface area contributed by atoms with Gasteiger partial charge in [-0.2, -0.15) is 0 Å². The second-order valence-corrected chi connectivity index (χ2v) is 11.7. The normalized spacial score (nSPS) is 36.7. The summed E-state index contributed by atoms with van der Waals surface area (Å²) in [6, 6.07) is 19.3. The van der Waals surface area contributed by atoms with Gasteiger partial charge in [-0.3, -0.25) is 0 Å². The lowest BCUT2D eigenvalue weighted by molar-refractivity contribution is 0.0455. The van der Waals surface area contributed by atoms with Crippen LogP contribution in [-0.2, 0) is 14.2 Å². The topological polar surface area (TPSA) is 64.1 Å². The van der Waals surface area contributed by atoms with Gasteiger partial charge in [0.2, 0.25) is 0 Å². The summed E-state index contributed by atoms with van der Waals surface area (Å²) in [6.45, 7) is 3.60. The number of halogens is 1. The van der Waals surface area contributed by atoms with E-state index in [1.54, 1.807) is 0 Å². The van der Waals surface area contributed by atoms with E-state index in [0.717, 1.165) is 36.6 Å². The van der Waals surface area contributed by atoms with Crippen LogP contribution in [0.1, 0.15) is 31.7 Å². The molecule has 8 rings (SSSR count). The second-order valence-electron chi connectivity index (χ2n) is 11.3. The van der Waals surface area contributed by atoms with Crippen LogP contribution in [0, 0.1) is 10.8 Å². The van der Waals surface area contributed by atoms with E-state index in [0.29, 0.717) is 16.5 Å². The van der Waals surface area contributed by atoms with Crippen molar-refractivity contribution in [2.45, 2.75) is 50.2 Å². The number of dihydropyridines is 1. The van der Waals surface area contributed by atoms with E-state index in [9.17, 15) is 0 Å². The molecule has 0 bridgehead atoms. The molecule has 4 heterocycles. The molecule has 7 heteroatoms. The fraction of sp³-hybridized carbons (Fsp3) is 0.414. The molecule has 184 valence electrons. The maximum Gasteiger partial charge on any atom is 0.292 e. The first kappa shape index (κ1) is 21.3. The number of aliphatic imine (C=N–C) groups is 1. The zero-order valence-electron chi connectivity index (χ0n) is 20.1. The van der Waals surface area contributed by atoms with Crippen LogP contribution in [0.15, 0.2) is 76.4 Å². The minimum absolute atomic E-state index is 0.0288. The quantitative estimate of drug-likeness (QED) is 0.634. The Bertz CT molecular complexity index is 1350. The largest absolute Gasteiger partial charge is 0.461 e. The van der Waals surface area contributed by atoms with Gasteiger partial charge in [0.1, 0.15) is 6.10 Å². The number of nitrogens with zero attached hydrogens (tertiary/aromatic N) is 1. The van der Waals surface area contributed by atoms with E-state index < -0.39 is 5.66 Å². The average Bonchev–Trinajstić information content (AvgIpc) is 3.68. The van der Waals surface area contributed by atoms with Crippen molar-refractivity contribution in [3.63, 3.8) is 0 Å². The highest BCUT2D eigenvalue weighted by Crippen LogP contribution is 2.67. The van der Waals surface area contributed by atoms with E-state index in [2.05, 4.69) is 59.2 Å². The molecular weight excluding hydrogens is 474 g/mol. The average molecular weight is 502 g/mol. The number of hydrogen-bond donors (Lipinski definition) is 2. The zero-order valence-corrected chi connectivity index (χ0v) is 20.8. The predicted octanol–water partition coefficient (Wildman–Crippen LogP) is 4.78. The molecule has 2 aromatic rings. The van der Waals surface area contributed by atoms with Crippen molar-refractivity contribution in [3.8, 4) is 11.1 Å². The van der Waals surface area contributed by atoms with E-state index in [1.807, 2.05) is 19.1 Å². The van der Waals surface area contributed by atoms with Crippen LogP contribution < -0.4 is 10.6 Å². The summed E-state index contributed by atoms with van der Waals surface area (Å²) in [5, 5.41) is 7.56. The Morgan fingerprint density at radius 2 is 1.67 bits per heavy atom. The van der Waals surface area contributed by atoms with Gasteiger partial charge in [0.25, 0.3) is 6.02 Å². The molecule has 2 aliphatic carbocycles. The Balaban J connectivity index is 0.993. The molecule has 2 N–H and O–H groups in total. The molecule has 0 radical (unpaired) electrons. The molecule has 3 unspecified atom stereocenters. The number of rotatable bonds is 3. The molecule has 36 heavy (non-hydrogen) atoms. The van der Waals surface area contributed by atoms with Crippen molar-refractivity contribution in [3.05, 3.63) is 77.0 Å². The van der Waals surface area contributed by atoms with Gasteiger partial charge in [0.15, 0.2) is 5.66 Å². The summed E-state index contributed by atoms with van der Waals surface area (Å²) in [5.74, 6) is 0. The standard InChI is InChI=1S/C29H28ClN3O3/c1-27-21(13-20(30)23(32-27)19-9-7-18(8-10-19)17-5-3-2-4-6-17)31-26(33-27)36-22-14-29(22)16-35-24-25(29)34-15-28(24)11-12-28/h2-10,13,22,24-25,32H,11-12,14-16H2,1H3,(H,31,33)/t22-,24?,25?,27?,29+/m0/s1. The maximum absolute atomic E-state index is 6.74. The Hall–Kier alpha value is -2.80. The molecular formula is C29H28ClN3O3. The third-order valence-electron chi connectivity index (χ3n) is 8.97. The molecule has 2 saturated heterocycles. The number of nitrogens with one attached hydrogen (secondary N) is 2. The number of amidine groups is 1. The number of fused-ring (bicyclic) bond motifs is 4. The first-order chi connectivity index (χ1) is 17.5. The Kier molecular flexibility index (Phi) is 4.23. The first-order valence-corrected chi connectivity index (χ1v) is 13.2. The van der Waals surface area contributed by atoms with E-state index in [-0.39, 0.29) is 23.7 Å². The molecule has 2 saturated carbocycles. The van der Waals surface area contributed by atoms with Crippen LogP contribution in [0.4, 0.5) is 0 Å². The summed E-state index contributed by atoms with van der Waals surface area (Å²) in [7, 11) is 0. The van der Waals surface area contributed by atoms with Gasteiger partial charge in [-0.05, 0) is 49.0 Å². The zero-order chi connectivity index (χ0) is 24.1. The SMILES string of the molecule is CC12N=C(O[C@H]3C[C@@]34COC3C4OCC34CC4)NC1=CC(Cl)=C(c1ccc(-c3ccccc3)cc1)N2. The lowest BCUT2D eigenvalue weighted by Crippen LogP contribution is -2.43. The van der Waals surface area contributed by atoms with Gasteiger partial charge in [0, 0.05) is 5.41 Å². The Morgan fingerprint density at radius 1 is 0.944 bits per heavy atom. The highest BCUT2D eigenvalue weighted by Gasteiger charge is 2.75. The lowest BCUT2D eigenvalue weighted by Gasteiger charge is -2.30. The summed E-state index contributed by atoms with van der Waals surface area (Å²) >= 11 is 6.74. The van der Waals surface area contributed by atoms with E-state index in [4.69, 9.17) is 30.8 Å². The fourth-order valence-electron chi connectivity index (χ4n) is 6.45. The van der Waals surface area contributed by atoms with Crippen molar-refractivity contribution in [1.29, 1.82) is 0 Å². The highest BCUT2D eigenvalue weighted by molar-refractivity contribution is 6.34. The lowest BCUT2D eigenvalue weighted by atomic mass is 9.92. The smallest absolute Gasteiger partial charge is 0.292 e. The minimum Gasteiger partial charge on any atom is -0.461 e. The Morgan fingerprint density at radius 3 is 2.44 bits per heavy atom. The van der Waals surface area contributed by atoms with Crippen LogP contribution >= 0.6 is 11.6 Å². The van der Waals surface area contributed by atoms with Crippen molar-refractivity contribution < 1.29 is 14.2 Å². The third-order valence-corrected chi connectivity index (χ3v) is 9.27. The van der Waals surface area contributed by atoms with Crippen LogP contribution in [0.5, 0.6) is 0 Å². The van der Waals surface area contributed by atoms with Crippen LogP contribution in [-0.4, -0.2) is 43.2 Å². The van der Waals surface area contributed by atoms with Gasteiger partial charge >= 0.3 is 0 Å². The molecule has 0 aromatic heterocycles. The van der Waals surface area contributed by atoms with Crippen LogP contribution in [0.25, 0.3) is 16.8 Å². The summed E-state index contributed by atoms with van der Waals surface area (Å²) in [6.07, 6.45) is 5.82. The van der Waals surface area contributed by atoms with E-state index >= 15 is 0 Å². The molecule has 4 fully saturated rings. The van der Waals surface area contributed by atoms with Gasteiger partial charge in [0.05, 0.1) is 47.3 Å².